The van der Waals surface area contributed by atoms with Crippen molar-refractivity contribution in [2.45, 2.75) is 65.2 Å². The van der Waals surface area contributed by atoms with E-state index in [4.69, 9.17) is 5.41 Å². The molecule has 0 bridgehead atoms. The summed E-state index contributed by atoms with van der Waals surface area (Å²) in [6.07, 6.45) is 10.4. The number of halogens is 1. The first-order valence-electron chi connectivity index (χ1n) is 7.81. The summed E-state index contributed by atoms with van der Waals surface area (Å²) in [6, 6.07) is 0. The highest BCUT2D eigenvalue weighted by Gasteiger charge is 2.18. The lowest BCUT2D eigenvalue weighted by Crippen LogP contribution is -2.30. The third-order valence-electron chi connectivity index (χ3n) is 3.40. The lowest BCUT2D eigenvalue weighted by molar-refractivity contribution is 0.393. The fourth-order valence-corrected chi connectivity index (χ4v) is 3.11. The molecule has 0 atom stereocenters. The van der Waals surface area contributed by atoms with Crippen molar-refractivity contribution in [2.75, 3.05) is 18.8 Å². The zero-order valence-electron chi connectivity index (χ0n) is 13.0. The summed E-state index contributed by atoms with van der Waals surface area (Å²) in [4.78, 5) is 6.79. The van der Waals surface area contributed by atoms with E-state index in [9.17, 15) is 0 Å². The first kappa shape index (κ1) is 19.8. The van der Waals surface area contributed by atoms with Gasteiger partial charge in [-0.2, -0.15) is 0 Å². The maximum Gasteiger partial charge on any atom is 0.166 e. The first-order chi connectivity index (χ1) is 9.27. The molecule has 0 amide bonds. The van der Waals surface area contributed by atoms with Crippen LogP contribution in [0.25, 0.3) is 0 Å². The van der Waals surface area contributed by atoms with Crippen LogP contribution in [0, 0.1) is 5.41 Å². The Morgan fingerprint density at radius 2 is 1.55 bits per heavy atom. The Bertz CT molecular complexity index is 283. The monoisotopic (exact) mass is 319 g/mol. The van der Waals surface area contributed by atoms with Gasteiger partial charge in [0.1, 0.15) is 5.84 Å². The number of hydrogen-bond donors (Lipinski definition) is 1. The number of rotatable bonds is 10. The molecular formula is C15H30ClN3S. The van der Waals surface area contributed by atoms with E-state index in [0.29, 0.717) is 5.84 Å². The second-order valence-corrected chi connectivity index (χ2v) is 6.18. The van der Waals surface area contributed by atoms with E-state index in [0.717, 1.165) is 24.0 Å². The Morgan fingerprint density at radius 3 is 1.95 bits per heavy atom. The van der Waals surface area contributed by atoms with Crippen LogP contribution in [0.15, 0.2) is 4.99 Å². The molecule has 1 heterocycles. The Morgan fingerprint density at radius 1 is 1.00 bits per heavy atom. The van der Waals surface area contributed by atoms with Crippen molar-refractivity contribution in [3.63, 3.8) is 0 Å². The van der Waals surface area contributed by atoms with E-state index < -0.39 is 0 Å². The van der Waals surface area contributed by atoms with Gasteiger partial charge < -0.3 is 4.90 Å². The van der Waals surface area contributed by atoms with Crippen LogP contribution in [-0.2, 0) is 0 Å². The molecule has 0 radical (unpaired) electrons. The molecule has 118 valence electrons. The molecule has 1 aliphatic heterocycles. The number of hydrogen-bond acceptors (Lipinski definition) is 3. The van der Waals surface area contributed by atoms with Gasteiger partial charge in [0.25, 0.3) is 0 Å². The summed E-state index contributed by atoms with van der Waals surface area (Å²) in [5.41, 5.74) is 0. The van der Waals surface area contributed by atoms with Crippen LogP contribution in [0.2, 0.25) is 0 Å². The van der Waals surface area contributed by atoms with Gasteiger partial charge in [-0.1, -0.05) is 64.1 Å². The molecule has 0 saturated heterocycles. The lowest BCUT2D eigenvalue weighted by Gasteiger charge is -2.23. The molecule has 0 aromatic rings. The molecule has 1 N–H and O–H groups in total. The van der Waals surface area contributed by atoms with Crippen LogP contribution >= 0.6 is 24.2 Å². The molecule has 1 aliphatic rings. The Hall–Kier alpha value is -0.220. The number of unbranched alkanes of at least 4 members (excludes halogenated alkanes) is 6. The minimum Gasteiger partial charge on any atom is -0.351 e. The quantitative estimate of drug-likeness (QED) is 0.579. The summed E-state index contributed by atoms with van der Waals surface area (Å²) in [6.45, 7) is 6.73. The second kappa shape index (κ2) is 12.5. The molecule has 1 rings (SSSR count). The summed E-state index contributed by atoms with van der Waals surface area (Å²) in [7, 11) is 0. The van der Waals surface area contributed by atoms with E-state index in [2.05, 4.69) is 23.7 Å². The van der Waals surface area contributed by atoms with Crippen molar-refractivity contribution in [3.05, 3.63) is 0 Å². The average Bonchev–Trinajstić information content (AvgIpc) is 2.83. The van der Waals surface area contributed by atoms with Crippen LogP contribution in [0.4, 0.5) is 0 Å². The molecule has 0 aromatic heterocycles. The standard InChI is InChI=1S/C15H29N3S.ClH/c1-3-5-7-9-11-18(12-10-8-6-4-2)15-17-14(16)13-19-15;/h16H,3-13H2,1-2H3;1H. The Labute approximate surface area is 134 Å². The highest BCUT2D eigenvalue weighted by atomic mass is 35.5. The van der Waals surface area contributed by atoms with Crippen LogP contribution in [0.3, 0.4) is 0 Å². The summed E-state index contributed by atoms with van der Waals surface area (Å²) >= 11 is 1.74. The number of nitrogens with one attached hydrogen (secondary N) is 1. The molecule has 0 spiro atoms. The lowest BCUT2D eigenvalue weighted by atomic mass is 10.2. The molecular weight excluding hydrogens is 290 g/mol. The fourth-order valence-electron chi connectivity index (χ4n) is 2.24. The van der Waals surface area contributed by atoms with E-state index >= 15 is 0 Å². The molecule has 0 fully saturated rings. The van der Waals surface area contributed by atoms with Crippen LogP contribution in [0.5, 0.6) is 0 Å². The van der Waals surface area contributed by atoms with Gasteiger partial charge in [0.2, 0.25) is 0 Å². The van der Waals surface area contributed by atoms with Gasteiger partial charge in [0.15, 0.2) is 5.17 Å². The zero-order valence-corrected chi connectivity index (χ0v) is 14.6. The van der Waals surface area contributed by atoms with Crippen LogP contribution < -0.4 is 0 Å². The molecule has 0 saturated carbocycles. The third-order valence-corrected chi connectivity index (χ3v) is 4.43. The minimum absolute atomic E-state index is 0. The molecule has 0 aromatic carbocycles. The largest absolute Gasteiger partial charge is 0.351 e. The second-order valence-electron chi connectivity index (χ2n) is 5.24. The zero-order chi connectivity index (χ0) is 13.9. The van der Waals surface area contributed by atoms with E-state index in [-0.39, 0.29) is 12.4 Å². The number of amidine groups is 2. The topological polar surface area (TPSA) is 39.5 Å². The Kier molecular flexibility index (Phi) is 12.4. The predicted molar refractivity (Wildman–Crippen MR) is 94.7 cm³/mol. The van der Waals surface area contributed by atoms with Crippen molar-refractivity contribution in [1.82, 2.24) is 4.90 Å². The van der Waals surface area contributed by atoms with Crippen molar-refractivity contribution in [1.29, 1.82) is 5.41 Å². The third kappa shape index (κ3) is 8.15. The smallest absolute Gasteiger partial charge is 0.166 e. The minimum atomic E-state index is 0. The average molecular weight is 320 g/mol. The van der Waals surface area contributed by atoms with Gasteiger partial charge >= 0.3 is 0 Å². The van der Waals surface area contributed by atoms with Crippen molar-refractivity contribution < 1.29 is 0 Å². The van der Waals surface area contributed by atoms with Gasteiger partial charge in [-0.05, 0) is 12.8 Å². The fraction of sp³-hybridized carbons (Fsp3) is 0.867. The molecule has 5 heteroatoms. The SMILES string of the molecule is CCCCCCN(CCCCCC)C1=NC(=N)CS1.Cl. The first-order valence-corrected chi connectivity index (χ1v) is 8.80. The molecule has 0 aliphatic carbocycles. The maximum atomic E-state index is 7.62. The number of nitrogens with zero attached hydrogens (tertiary/aromatic N) is 2. The van der Waals surface area contributed by atoms with E-state index in [1.165, 1.54) is 51.4 Å². The highest BCUT2D eigenvalue weighted by molar-refractivity contribution is 8.14. The van der Waals surface area contributed by atoms with Crippen LogP contribution in [0.1, 0.15) is 65.2 Å². The Balaban J connectivity index is 0.00000361. The van der Waals surface area contributed by atoms with E-state index in [1.54, 1.807) is 11.8 Å². The number of aliphatic imine (C=N–C) groups is 1. The molecule has 0 unspecified atom stereocenters. The highest BCUT2D eigenvalue weighted by Crippen LogP contribution is 2.18. The predicted octanol–water partition coefficient (Wildman–Crippen LogP) is 4.95. The summed E-state index contributed by atoms with van der Waals surface area (Å²) in [5.74, 6) is 1.29. The molecule has 20 heavy (non-hydrogen) atoms. The van der Waals surface area contributed by atoms with Gasteiger partial charge in [0, 0.05) is 13.1 Å². The normalized spacial score (nSPS) is 14.1. The van der Waals surface area contributed by atoms with Gasteiger partial charge in [-0.15, -0.1) is 12.4 Å². The van der Waals surface area contributed by atoms with Crippen molar-refractivity contribution in [3.8, 4) is 0 Å². The number of thioether (sulfide) groups is 1. The van der Waals surface area contributed by atoms with Crippen molar-refractivity contribution in [2.24, 2.45) is 4.99 Å². The molecule has 3 nitrogen and oxygen atoms in total. The van der Waals surface area contributed by atoms with Gasteiger partial charge in [-0.25, -0.2) is 4.99 Å². The summed E-state index contributed by atoms with van der Waals surface area (Å²) in [5, 5.41) is 8.72. The van der Waals surface area contributed by atoms with E-state index in [1.807, 2.05) is 0 Å². The van der Waals surface area contributed by atoms with Gasteiger partial charge in [-0.3, -0.25) is 5.41 Å². The van der Waals surface area contributed by atoms with Crippen molar-refractivity contribution >= 4 is 35.2 Å². The maximum absolute atomic E-state index is 7.62. The van der Waals surface area contributed by atoms with Gasteiger partial charge in [0.05, 0.1) is 5.75 Å². The van der Waals surface area contributed by atoms with Crippen LogP contribution in [-0.4, -0.2) is 34.7 Å². The summed E-state index contributed by atoms with van der Waals surface area (Å²) < 4.78 is 0.